The molecule has 0 saturated carbocycles. The number of hydrogen-bond donors (Lipinski definition) is 1. The average molecular weight is 211 g/mol. The topological polar surface area (TPSA) is 48.3 Å². The fourth-order valence-electron chi connectivity index (χ4n) is 1.91. The second kappa shape index (κ2) is 4.74. The third-order valence-corrected chi connectivity index (χ3v) is 2.70. The van der Waals surface area contributed by atoms with E-state index in [1.807, 2.05) is 24.8 Å². The van der Waals surface area contributed by atoms with E-state index in [2.05, 4.69) is 10.4 Å². The van der Waals surface area contributed by atoms with Crippen LogP contribution in [0.25, 0.3) is 0 Å². The smallest absolute Gasteiger partial charge is 0.102 e. The molecule has 5 heteroatoms. The second-order valence-corrected chi connectivity index (χ2v) is 3.63. The Morgan fingerprint density at radius 1 is 1.60 bits per heavy atom. The summed E-state index contributed by atoms with van der Waals surface area (Å²) in [5.74, 6) is 0. The Hall–Kier alpha value is -0.910. The molecule has 0 aromatic carbocycles. The molecule has 2 unspecified atom stereocenters. The van der Waals surface area contributed by atoms with Crippen LogP contribution in [0.3, 0.4) is 0 Å². The van der Waals surface area contributed by atoms with Crippen LogP contribution >= 0.6 is 0 Å². The van der Waals surface area contributed by atoms with Crippen LogP contribution in [0.4, 0.5) is 0 Å². The minimum atomic E-state index is 0.0687. The number of hydrogen-bond acceptors (Lipinski definition) is 4. The summed E-state index contributed by atoms with van der Waals surface area (Å²) in [7, 11) is 3.86. The number of aryl methyl sites for hydroxylation is 1. The summed E-state index contributed by atoms with van der Waals surface area (Å²) in [6, 6.07) is 2.14. The molecule has 0 amide bonds. The van der Waals surface area contributed by atoms with Crippen molar-refractivity contribution in [3.05, 3.63) is 18.0 Å². The fourth-order valence-corrected chi connectivity index (χ4v) is 1.91. The minimum absolute atomic E-state index is 0.0687. The lowest BCUT2D eigenvalue weighted by Gasteiger charge is -2.30. The van der Waals surface area contributed by atoms with Gasteiger partial charge in [0.05, 0.1) is 31.6 Å². The third kappa shape index (κ3) is 2.19. The van der Waals surface area contributed by atoms with Gasteiger partial charge in [0.2, 0.25) is 0 Å². The Kier molecular flexibility index (Phi) is 3.35. The molecule has 0 aliphatic carbocycles. The monoisotopic (exact) mass is 211 g/mol. The number of nitrogens with zero attached hydrogens (tertiary/aromatic N) is 2. The summed E-state index contributed by atoms with van der Waals surface area (Å²) >= 11 is 0. The van der Waals surface area contributed by atoms with Crippen molar-refractivity contribution in [2.24, 2.45) is 7.05 Å². The van der Waals surface area contributed by atoms with Crippen molar-refractivity contribution in [3.63, 3.8) is 0 Å². The van der Waals surface area contributed by atoms with Gasteiger partial charge in [-0.05, 0) is 13.1 Å². The molecular formula is C10H17N3O2. The zero-order chi connectivity index (χ0) is 10.7. The number of rotatable bonds is 3. The highest BCUT2D eigenvalue weighted by molar-refractivity contribution is 5.09. The maximum absolute atomic E-state index is 5.68. The van der Waals surface area contributed by atoms with E-state index in [0.29, 0.717) is 19.8 Å². The zero-order valence-corrected chi connectivity index (χ0v) is 9.14. The molecule has 1 aromatic rings. The first-order chi connectivity index (χ1) is 7.33. The Labute approximate surface area is 89.4 Å². The molecule has 2 atom stereocenters. The Morgan fingerprint density at radius 3 is 3.00 bits per heavy atom. The summed E-state index contributed by atoms with van der Waals surface area (Å²) in [6.45, 7) is 2.00. The van der Waals surface area contributed by atoms with Crippen LogP contribution in [0.5, 0.6) is 0 Å². The van der Waals surface area contributed by atoms with Crippen LogP contribution in [0, 0.1) is 0 Å². The van der Waals surface area contributed by atoms with Gasteiger partial charge in [0.1, 0.15) is 6.10 Å². The molecule has 1 fully saturated rings. The molecule has 1 aliphatic heterocycles. The highest BCUT2D eigenvalue weighted by Gasteiger charge is 2.27. The molecule has 1 saturated heterocycles. The van der Waals surface area contributed by atoms with E-state index >= 15 is 0 Å². The quantitative estimate of drug-likeness (QED) is 0.770. The van der Waals surface area contributed by atoms with E-state index < -0.39 is 0 Å². The number of ether oxygens (including phenoxy) is 2. The van der Waals surface area contributed by atoms with Gasteiger partial charge in [-0.3, -0.25) is 4.68 Å². The van der Waals surface area contributed by atoms with E-state index in [4.69, 9.17) is 9.47 Å². The predicted molar refractivity (Wildman–Crippen MR) is 55.6 cm³/mol. The summed E-state index contributed by atoms with van der Waals surface area (Å²) in [5.41, 5.74) is 1.12. The van der Waals surface area contributed by atoms with Crippen molar-refractivity contribution in [2.45, 2.75) is 12.1 Å². The van der Waals surface area contributed by atoms with Gasteiger partial charge in [-0.25, -0.2) is 0 Å². The lowest BCUT2D eigenvalue weighted by atomic mass is 10.1. The van der Waals surface area contributed by atoms with Gasteiger partial charge in [0.15, 0.2) is 0 Å². The number of aromatic nitrogens is 2. The van der Waals surface area contributed by atoms with E-state index in [1.165, 1.54) is 0 Å². The summed E-state index contributed by atoms with van der Waals surface area (Å²) in [6.07, 6.45) is 1.86. The lowest BCUT2D eigenvalue weighted by Crippen LogP contribution is -2.40. The van der Waals surface area contributed by atoms with Crippen molar-refractivity contribution >= 4 is 0 Å². The SMILES string of the molecule is CNC(c1ccnn1C)C1COCCO1. The molecule has 5 nitrogen and oxygen atoms in total. The Balaban J connectivity index is 2.12. The zero-order valence-electron chi connectivity index (χ0n) is 9.14. The van der Waals surface area contributed by atoms with Crippen molar-refractivity contribution < 1.29 is 9.47 Å². The third-order valence-electron chi connectivity index (χ3n) is 2.70. The van der Waals surface area contributed by atoms with Crippen molar-refractivity contribution in [2.75, 3.05) is 26.9 Å². The highest BCUT2D eigenvalue weighted by Crippen LogP contribution is 2.20. The van der Waals surface area contributed by atoms with E-state index in [9.17, 15) is 0 Å². The number of likely N-dealkylation sites (N-methyl/N-ethyl adjacent to an activating group) is 1. The maximum atomic E-state index is 5.68. The van der Waals surface area contributed by atoms with Crippen LogP contribution in [-0.2, 0) is 16.5 Å². The van der Waals surface area contributed by atoms with Crippen molar-refractivity contribution in [3.8, 4) is 0 Å². The van der Waals surface area contributed by atoms with E-state index in [-0.39, 0.29) is 12.1 Å². The van der Waals surface area contributed by atoms with Crippen molar-refractivity contribution in [1.29, 1.82) is 0 Å². The molecule has 2 heterocycles. The summed E-state index contributed by atoms with van der Waals surface area (Å²) < 4.78 is 12.9. The molecule has 0 radical (unpaired) electrons. The molecule has 1 N–H and O–H groups in total. The minimum Gasteiger partial charge on any atom is -0.376 e. The largest absolute Gasteiger partial charge is 0.376 e. The summed E-state index contributed by atoms with van der Waals surface area (Å²) in [5, 5.41) is 7.41. The molecule has 0 bridgehead atoms. The Morgan fingerprint density at radius 2 is 2.47 bits per heavy atom. The van der Waals surface area contributed by atoms with Gasteiger partial charge >= 0.3 is 0 Å². The van der Waals surface area contributed by atoms with Crippen LogP contribution in [-0.4, -0.2) is 42.8 Å². The van der Waals surface area contributed by atoms with Gasteiger partial charge in [0, 0.05) is 13.2 Å². The van der Waals surface area contributed by atoms with Crippen LogP contribution in [0.2, 0.25) is 0 Å². The van der Waals surface area contributed by atoms with Gasteiger partial charge in [-0.15, -0.1) is 0 Å². The van der Waals surface area contributed by atoms with E-state index in [0.717, 1.165) is 5.69 Å². The van der Waals surface area contributed by atoms with Crippen LogP contribution in [0.1, 0.15) is 11.7 Å². The van der Waals surface area contributed by atoms with E-state index in [1.54, 1.807) is 6.20 Å². The average Bonchev–Trinajstić information content (AvgIpc) is 2.68. The second-order valence-electron chi connectivity index (χ2n) is 3.63. The molecule has 1 aromatic heterocycles. The van der Waals surface area contributed by atoms with Gasteiger partial charge in [-0.1, -0.05) is 0 Å². The standard InChI is InChI=1S/C10H17N3O2/c1-11-10(8-3-4-12-13(8)2)9-7-14-5-6-15-9/h3-4,9-11H,5-7H2,1-2H3. The molecule has 0 spiro atoms. The van der Waals surface area contributed by atoms with Crippen LogP contribution in [0.15, 0.2) is 12.3 Å². The number of nitrogens with one attached hydrogen (secondary N) is 1. The normalized spacial score (nSPS) is 24.0. The molecule has 84 valence electrons. The first-order valence-corrected chi connectivity index (χ1v) is 5.17. The predicted octanol–water partition coefficient (Wildman–Crippen LogP) is 0.0960. The van der Waals surface area contributed by atoms with Crippen molar-refractivity contribution in [1.82, 2.24) is 15.1 Å². The summed E-state index contributed by atoms with van der Waals surface area (Å²) in [4.78, 5) is 0. The fraction of sp³-hybridized carbons (Fsp3) is 0.700. The highest BCUT2D eigenvalue weighted by atomic mass is 16.6. The lowest BCUT2D eigenvalue weighted by molar-refractivity contribution is -0.102. The van der Waals surface area contributed by atoms with Crippen LogP contribution < -0.4 is 5.32 Å². The molecule has 2 rings (SSSR count). The first kappa shape index (κ1) is 10.6. The Bertz CT molecular complexity index is 307. The molecular weight excluding hydrogens is 194 g/mol. The van der Waals surface area contributed by atoms with Gasteiger partial charge in [0.25, 0.3) is 0 Å². The molecule has 15 heavy (non-hydrogen) atoms. The van der Waals surface area contributed by atoms with Gasteiger partial charge in [-0.2, -0.15) is 5.10 Å². The maximum Gasteiger partial charge on any atom is 0.102 e. The molecule has 1 aliphatic rings. The van der Waals surface area contributed by atoms with Gasteiger partial charge < -0.3 is 14.8 Å². The first-order valence-electron chi connectivity index (χ1n) is 5.17.